The Morgan fingerprint density at radius 2 is 2.39 bits per heavy atom. The fraction of sp³-hybridized carbons (Fsp3) is 0.500. The highest BCUT2D eigenvalue weighted by Gasteiger charge is 2.31. The number of hydrogen-bond acceptors (Lipinski definition) is 5. The van der Waals surface area contributed by atoms with E-state index in [1.54, 1.807) is 17.6 Å². The third kappa shape index (κ3) is 3.11. The molecule has 0 saturated carbocycles. The van der Waals surface area contributed by atoms with E-state index >= 15 is 0 Å². The number of hydrogen-bond donors (Lipinski definition) is 1. The fourth-order valence-corrected chi connectivity index (χ4v) is 4.04. The molecule has 2 aromatic rings. The first-order chi connectivity index (χ1) is 11.3. The number of piperidine rings is 1. The van der Waals surface area contributed by atoms with Crippen molar-refractivity contribution >= 4 is 17.4 Å². The first-order valence-electron chi connectivity index (χ1n) is 8.05. The molecule has 23 heavy (non-hydrogen) atoms. The first-order valence-corrected chi connectivity index (χ1v) is 8.92. The lowest BCUT2D eigenvalue weighted by atomic mass is 10.0. The second-order valence-electron chi connectivity index (χ2n) is 6.08. The molecule has 2 amide bonds. The van der Waals surface area contributed by atoms with Crippen LogP contribution in [0.3, 0.4) is 0 Å². The summed E-state index contributed by atoms with van der Waals surface area (Å²) >= 11 is 1.63. The van der Waals surface area contributed by atoms with Crippen LogP contribution in [0.15, 0.2) is 28.2 Å². The van der Waals surface area contributed by atoms with E-state index in [9.17, 15) is 4.79 Å². The number of amides is 2. The summed E-state index contributed by atoms with van der Waals surface area (Å²) in [6, 6.07) is 4.41. The predicted octanol–water partition coefficient (Wildman–Crippen LogP) is 2.39. The topological polar surface area (TPSA) is 61.6 Å². The van der Waals surface area contributed by atoms with Crippen molar-refractivity contribution in [3.05, 3.63) is 29.5 Å². The molecular formula is C16H20N4O2S. The average Bonchev–Trinajstić information content (AvgIpc) is 3.28. The van der Waals surface area contributed by atoms with Crippen LogP contribution < -0.4 is 5.32 Å². The van der Waals surface area contributed by atoms with Gasteiger partial charge in [-0.2, -0.15) is 0 Å². The van der Waals surface area contributed by atoms with Crippen LogP contribution in [0.1, 0.15) is 18.5 Å². The highest BCUT2D eigenvalue weighted by molar-refractivity contribution is 7.13. The van der Waals surface area contributed by atoms with Crippen LogP contribution in [0, 0.1) is 0 Å². The van der Waals surface area contributed by atoms with Crippen molar-refractivity contribution in [3.8, 4) is 10.8 Å². The Kier molecular flexibility index (Phi) is 4.05. The van der Waals surface area contributed by atoms with Crippen LogP contribution in [0.2, 0.25) is 0 Å². The van der Waals surface area contributed by atoms with Crippen LogP contribution in [0.25, 0.3) is 10.8 Å². The molecule has 2 aliphatic heterocycles. The summed E-state index contributed by atoms with van der Waals surface area (Å²) in [5.74, 6) is 0.697. The van der Waals surface area contributed by atoms with E-state index in [0.717, 1.165) is 56.1 Å². The SMILES string of the molecule is O=C1NCCN1[C@H]1CCCN(Cc2coc(-c3cccs3)n2)C1. The van der Waals surface area contributed by atoms with Gasteiger partial charge in [0.15, 0.2) is 0 Å². The smallest absolute Gasteiger partial charge is 0.317 e. The first kappa shape index (κ1) is 14.7. The summed E-state index contributed by atoms with van der Waals surface area (Å²) < 4.78 is 5.59. The Labute approximate surface area is 139 Å². The maximum Gasteiger partial charge on any atom is 0.317 e. The van der Waals surface area contributed by atoms with E-state index in [2.05, 4.69) is 15.2 Å². The lowest BCUT2D eigenvalue weighted by Crippen LogP contribution is -2.48. The van der Waals surface area contributed by atoms with E-state index in [1.807, 2.05) is 22.4 Å². The lowest BCUT2D eigenvalue weighted by Gasteiger charge is -2.36. The molecule has 0 unspecified atom stereocenters. The molecule has 0 radical (unpaired) electrons. The molecule has 1 N–H and O–H groups in total. The van der Waals surface area contributed by atoms with Crippen molar-refractivity contribution in [1.29, 1.82) is 0 Å². The minimum atomic E-state index is 0.0817. The Morgan fingerprint density at radius 3 is 3.17 bits per heavy atom. The Balaban J connectivity index is 1.39. The highest BCUT2D eigenvalue weighted by atomic mass is 32.1. The van der Waals surface area contributed by atoms with E-state index in [4.69, 9.17) is 4.42 Å². The number of carbonyl (C=O) groups is 1. The van der Waals surface area contributed by atoms with Gasteiger partial charge in [-0.3, -0.25) is 4.90 Å². The number of rotatable bonds is 4. The summed E-state index contributed by atoms with van der Waals surface area (Å²) in [5, 5.41) is 4.92. The van der Waals surface area contributed by atoms with Crippen molar-refractivity contribution in [1.82, 2.24) is 20.1 Å². The zero-order valence-corrected chi connectivity index (χ0v) is 13.7. The zero-order chi connectivity index (χ0) is 15.6. The average molecular weight is 332 g/mol. The van der Waals surface area contributed by atoms with Crippen LogP contribution in [-0.2, 0) is 6.54 Å². The van der Waals surface area contributed by atoms with Crippen molar-refractivity contribution in [3.63, 3.8) is 0 Å². The van der Waals surface area contributed by atoms with Crippen molar-refractivity contribution < 1.29 is 9.21 Å². The number of carbonyl (C=O) groups excluding carboxylic acids is 1. The maximum atomic E-state index is 11.8. The Hall–Kier alpha value is -1.86. The standard InChI is InChI=1S/C16H20N4O2S/c21-16-17-5-7-20(16)13-3-1-6-19(10-13)9-12-11-22-15(18-12)14-4-2-8-23-14/h2,4,8,11,13H,1,3,5-7,9-10H2,(H,17,21)/t13-/m0/s1. The molecule has 4 rings (SSSR count). The molecule has 0 bridgehead atoms. The number of thiophene rings is 1. The maximum absolute atomic E-state index is 11.8. The van der Waals surface area contributed by atoms with Gasteiger partial charge < -0.3 is 14.6 Å². The molecule has 122 valence electrons. The number of urea groups is 1. The number of nitrogens with one attached hydrogen (secondary N) is 1. The molecule has 0 aliphatic carbocycles. The molecule has 2 aromatic heterocycles. The largest absolute Gasteiger partial charge is 0.444 e. The van der Waals surface area contributed by atoms with Crippen LogP contribution in [-0.4, -0.2) is 53.0 Å². The molecular weight excluding hydrogens is 312 g/mol. The molecule has 0 spiro atoms. The van der Waals surface area contributed by atoms with Gasteiger partial charge >= 0.3 is 6.03 Å². The third-order valence-electron chi connectivity index (χ3n) is 4.48. The third-order valence-corrected chi connectivity index (χ3v) is 5.34. The van der Waals surface area contributed by atoms with Gasteiger partial charge in [-0.25, -0.2) is 9.78 Å². The van der Waals surface area contributed by atoms with Gasteiger partial charge in [0.25, 0.3) is 0 Å². The monoisotopic (exact) mass is 332 g/mol. The second-order valence-corrected chi connectivity index (χ2v) is 7.03. The van der Waals surface area contributed by atoms with Gasteiger partial charge in [-0.1, -0.05) is 6.07 Å². The summed E-state index contributed by atoms with van der Waals surface area (Å²) in [5.41, 5.74) is 0.958. The number of oxazole rings is 1. The Morgan fingerprint density at radius 1 is 1.43 bits per heavy atom. The summed E-state index contributed by atoms with van der Waals surface area (Å²) in [6.45, 7) is 4.33. The second kappa shape index (κ2) is 6.33. The van der Waals surface area contributed by atoms with Crippen molar-refractivity contribution in [2.45, 2.75) is 25.4 Å². The predicted molar refractivity (Wildman–Crippen MR) is 88.2 cm³/mol. The molecule has 1 atom stereocenters. The van der Waals surface area contributed by atoms with Gasteiger partial charge in [0, 0.05) is 32.2 Å². The van der Waals surface area contributed by atoms with E-state index < -0.39 is 0 Å². The number of likely N-dealkylation sites (tertiary alicyclic amines) is 1. The van der Waals surface area contributed by atoms with E-state index in [0.29, 0.717) is 11.9 Å². The lowest BCUT2D eigenvalue weighted by molar-refractivity contribution is 0.121. The normalized spacial score (nSPS) is 22.5. The summed E-state index contributed by atoms with van der Waals surface area (Å²) in [7, 11) is 0. The van der Waals surface area contributed by atoms with Gasteiger partial charge in [0.2, 0.25) is 5.89 Å². The minimum Gasteiger partial charge on any atom is -0.444 e. The molecule has 7 heteroatoms. The van der Waals surface area contributed by atoms with Gasteiger partial charge in [-0.15, -0.1) is 11.3 Å². The number of aromatic nitrogens is 1. The van der Waals surface area contributed by atoms with Crippen LogP contribution >= 0.6 is 11.3 Å². The molecule has 2 fully saturated rings. The molecule has 4 heterocycles. The fourth-order valence-electron chi connectivity index (χ4n) is 3.39. The number of nitrogens with zero attached hydrogens (tertiary/aromatic N) is 3. The van der Waals surface area contributed by atoms with Gasteiger partial charge in [0.1, 0.15) is 6.26 Å². The van der Waals surface area contributed by atoms with E-state index in [1.165, 1.54) is 0 Å². The zero-order valence-electron chi connectivity index (χ0n) is 12.9. The van der Waals surface area contributed by atoms with Crippen LogP contribution in [0.4, 0.5) is 4.79 Å². The molecule has 2 aliphatic rings. The van der Waals surface area contributed by atoms with Crippen molar-refractivity contribution in [2.75, 3.05) is 26.2 Å². The molecule has 6 nitrogen and oxygen atoms in total. The van der Waals surface area contributed by atoms with Gasteiger partial charge in [0.05, 0.1) is 10.6 Å². The van der Waals surface area contributed by atoms with Crippen molar-refractivity contribution in [2.24, 2.45) is 0 Å². The van der Waals surface area contributed by atoms with E-state index in [-0.39, 0.29) is 6.03 Å². The minimum absolute atomic E-state index is 0.0817. The summed E-state index contributed by atoms with van der Waals surface area (Å²) in [4.78, 5) is 21.8. The Bertz CT molecular complexity index is 669. The molecule has 2 saturated heterocycles. The quantitative estimate of drug-likeness (QED) is 0.934. The molecule has 0 aromatic carbocycles. The summed E-state index contributed by atoms with van der Waals surface area (Å²) in [6.07, 6.45) is 3.95. The highest BCUT2D eigenvalue weighted by Crippen LogP contribution is 2.25. The van der Waals surface area contributed by atoms with Crippen LogP contribution in [0.5, 0.6) is 0 Å². The van der Waals surface area contributed by atoms with Gasteiger partial charge in [-0.05, 0) is 30.8 Å².